The van der Waals surface area contributed by atoms with Crippen molar-refractivity contribution in [1.82, 2.24) is 4.98 Å². The zero-order valence-electron chi connectivity index (χ0n) is 7.96. The third-order valence-corrected chi connectivity index (χ3v) is 1.66. The van der Waals surface area contributed by atoms with Gasteiger partial charge in [0, 0.05) is 11.8 Å². The van der Waals surface area contributed by atoms with Gasteiger partial charge in [0.15, 0.2) is 0 Å². The minimum atomic E-state index is -0.479. The second-order valence-corrected chi connectivity index (χ2v) is 3.09. The van der Waals surface area contributed by atoms with E-state index in [0.717, 1.165) is 5.69 Å². The molecule has 0 aliphatic rings. The summed E-state index contributed by atoms with van der Waals surface area (Å²) in [5.74, 6) is 0.873. The second kappa shape index (κ2) is 4.80. The van der Waals surface area contributed by atoms with Gasteiger partial charge in [-0.15, -0.1) is 0 Å². The molecule has 0 amide bonds. The van der Waals surface area contributed by atoms with E-state index in [0.29, 0.717) is 11.8 Å². The summed E-state index contributed by atoms with van der Waals surface area (Å²) in [5.41, 5.74) is 0.969. The molecule has 0 aromatic carbocycles. The number of rotatable bonds is 4. The molecule has 0 unspecified atom stereocenters. The maximum atomic E-state index is 11.8. The van der Waals surface area contributed by atoms with Crippen molar-refractivity contribution in [1.29, 1.82) is 0 Å². The first kappa shape index (κ1) is 9.96. The van der Waals surface area contributed by atoms with Crippen LogP contribution in [0.5, 0.6) is 5.88 Å². The predicted molar refractivity (Wildman–Crippen MR) is 49.8 cm³/mol. The highest BCUT2D eigenvalue weighted by Crippen LogP contribution is 2.14. The molecule has 2 nitrogen and oxygen atoms in total. The van der Waals surface area contributed by atoms with Gasteiger partial charge in [0.25, 0.3) is 0 Å². The van der Waals surface area contributed by atoms with Gasteiger partial charge in [0.1, 0.15) is 13.3 Å². The smallest absolute Gasteiger partial charge is 0.213 e. The zero-order chi connectivity index (χ0) is 9.68. The van der Waals surface area contributed by atoms with Gasteiger partial charge >= 0.3 is 0 Å². The van der Waals surface area contributed by atoms with Crippen LogP contribution >= 0.6 is 0 Å². The highest BCUT2D eigenvalue weighted by molar-refractivity contribution is 5.17. The largest absolute Gasteiger partial charge is 0.475 e. The monoisotopic (exact) mass is 183 g/mol. The summed E-state index contributed by atoms with van der Waals surface area (Å²) in [7, 11) is 0. The Balaban J connectivity index is 2.68. The molecule has 0 fully saturated rings. The Kier molecular flexibility index (Phi) is 3.68. The lowest BCUT2D eigenvalue weighted by Gasteiger charge is -2.07. The third-order valence-electron chi connectivity index (χ3n) is 1.66. The number of hydrogen-bond donors (Lipinski definition) is 0. The molecule has 3 heteroatoms. The van der Waals surface area contributed by atoms with Gasteiger partial charge in [-0.05, 0) is 12.0 Å². The first-order chi connectivity index (χ1) is 6.24. The normalized spacial score (nSPS) is 10.5. The molecule has 1 rings (SSSR count). The molecule has 72 valence electrons. The van der Waals surface area contributed by atoms with Crippen LogP contribution in [0.1, 0.15) is 25.5 Å². The van der Waals surface area contributed by atoms with Crippen LogP contribution in [0.2, 0.25) is 0 Å². The van der Waals surface area contributed by atoms with Gasteiger partial charge in [-0.1, -0.05) is 19.9 Å². The van der Waals surface area contributed by atoms with Crippen LogP contribution in [-0.4, -0.2) is 18.3 Å². The Morgan fingerprint density at radius 3 is 2.85 bits per heavy atom. The molecule has 1 aromatic rings. The number of nitrogens with zero attached hydrogens (tertiary/aromatic N) is 1. The van der Waals surface area contributed by atoms with Crippen LogP contribution < -0.4 is 4.74 Å². The average molecular weight is 183 g/mol. The van der Waals surface area contributed by atoms with Gasteiger partial charge in [-0.2, -0.15) is 0 Å². The zero-order valence-corrected chi connectivity index (χ0v) is 7.96. The van der Waals surface area contributed by atoms with E-state index in [2.05, 4.69) is 18.8 Å². The Labute approximate surface area is 77.8 Å². The Hall–Kier alpha value is -1.12. The maximum absolute atomic E-state index is 11.8. The number of alkyl halides is 1. The van der Waals surface area contributed by atoms with Crippen molar-refractivity contribution >= 4 is 0 Å². The number of hydrogen-bond acceptors (Lipinski definition) is 2. The van der Waals surface area contributed by atoms with E-state index in [4.69, 9.17) is 4.74 Å². The maximum Gasteiger partial charge on any atom is 0.213 e. The molecule has 0 saturated heterocycles. The minimum absolute atomic E-state index is 0.0779. The average Bonchev–Trinajstić information content (AvgIpc) is 2.15. The van der Waals surface area contributed by atoms with E-state index in [1.165, 1.54) is 0 Å². The summed E-state index contributed by atoms with van der Waals surface area (Å²) < 4.78 is 16.8. The SMILES string of the molecule is CC(C)c1cccc(OCCF)n1. The summed E-state index contributed by atoms with van der Waals surface area (Å²) in [6, 6.07) is 5.55. The van der Waals surface area contributed by atoms with Gasteiger partial charge in [-0.25, -0.2) is 9.37 Å². The molecule has 0 aliphatic heterocycles. The van der Waals surface area contributed by atoms with Crippen LogP contribution in [0.3, 0.4) is 0 Å². The van der Waals surface area contributed by atoms with Crippen LogP contribution in [0, 0.1) is 0 Å². The standard InChI is InChI=1S/C10H14FNO/c1-8(2)9-4-3-5-10(12-9)13-7-6-11/h3-5,8H,6-7H2,1-2H3. The lowest BCUT2D eigenvalue weighted by Crippen LogP contribution is -2.02. The first-order valence-corrected chi connectivity index (χ1v) is 4.39. The Morgan fingerprint density at radius 1 is 1.46 bits per heavy atom. The van der Waals surface area contributed by atoms with Crippen molar-refractivity contribution in [3.63, 3.8) is 0 Å². The molecule has 0 radical (unpaired) electrons. The van der Waals surface area contributed by atoms with Crippen molar-refractivity contribution in [2.24, 2.45) is 0 Å². The number of aromatic nitrogens is 1. The molecule has 1 aromatic heterocycles. The van der Waals surface area contributed by atoms with Crippen LogP contribution in [0.15, 0.2) is 18.2 Å². The van der Waals surface area contributed by atoms with E-state index >= 15 is 0 Å². The van der Waals surface area contributed by atoms with E-state index in [9.17, 15) is 4.39 Å². The molecule has 0 saturated carbocycles. The highest BCUT2D eigenvalue weighted by atomic mass is 19.1. The van der Waals surface area contributed by atoms with Crippen molar-refractivity contribution in [2.45, 2.75) is 19.8 Å². The molecular weight excluding hydrogens is 169 g/mol. The van der Waals surface area contributed by atoms with E-state index < -0.39 is 6.67 Å². The fourth-order valence-electron chi connectivity index (χ4n) is 0.976. The van der Waals surface area contributed by atoms with Crippen molar-refractivity contribution in [3.8, 4) is 5.88 Å². The van der Waals surface area contributed by atoms with Crippen molar-refractivity contribution in [2.75, 3.05) is 13.3 Å². The van der Waals surface area contributed by atoms with Gasteiger partial charge in [-0.3, -0.25) is 0 Å². The fourth-order valence-corrected chi connectivity index (χ4v) is 0.976. The molecule has 0 N–H and O–H groups in total. The molecule has 1 heterocycles. The summed E-state index contributed by atoms with van der Waals surface area (Å²) in [5, 5.41) is 0. The predicted octanol–water partition coefficient (Wildman–Crippen LogP) is 2.55. The topological polar surface area (TPSA) is 22.1 Å². The minimum Gasteiger partial charge on any atom is -0.475 e. The third kappa shape index (κ3) is 3.01. The van der Waals surface area contributed by atoms with E-state index in [-0.39, 0.29) is 6.61 Å². The molecular formula is C10H14FNO. The highest BCUT2D eigenvalue weighted by Gasteiger charge is 2.01. The van der Waals surface area contributed by atoms with Crippen LogP contribution in [0.4, 0.5) is 4.39 Å². The Bertz CT molecular complexity index is 263. The molecule has 0 spiro atoms. The van der Waals surface area contributed by atoms with Gasteiger partial charge in [0.05, 0.1) is 0 Å². The lowest BCUT2D eigenvalue weighted by molar-refractivity contribution is 0.263. The Morgan fingerprint density at radius 2 is 2.23 bits per heavy atom. The van der Waals surface area contributed by atoms with E-state index in [1.807, 2.05) is 12.1 Å². The molecule has 13 heavy (non-hydrogen) atoms. The van der Waals surface area contributed by atoms with Crippen LogP contribution in [-0.2, 0) is 0 Å². The summed E-state index contributed by atoms with van der Waals surface area (Å²) >= 11 is 0. The van der Waals surface area contributed by atoms with Crippen molar-refractivity contribution < 1.29 is 9.13 Å². The van der Waals surface area contributed by atoms with Crippen molar-refractivity contribution in [3.05, 3.63) is 23.9 Å². The summed E-state index contributed by atoms with van der Waals surface area (Å²) in [6.45, 7) is 3.71. The quantitative estimate of drug-likeness (QED) is 0.715. The fraction of sp³-hybridized carbons (Fsp3) is 0.500. The van der Waals surface area contributed by atoms with Crippen LogP contribution in [0.25, 0.3) is 0 Å². The second-order valence-electron chi connectivity index (χ2n) is 3.09. The molecule has 0 atom stereocenters. The summed E-state index contributed by atoms with van der Waals surface area (Å²) in [4.78, 5) is 4.22. The summed E-state index contributed by atoms with van der Waals surface area (Å²) in [6.07, 6.45) is 0. The lowest BCUT2D eigenvalue weighted by atomic mass is 10.1. The molecule has 0 aliphatic carbocycles. The number of ether oxygens (including phenoxy) is 1. The van der Waals surface area contributed by atoms with Gasteiger partial charge in [0.2, 0.25) is 5.88 Å². The van der Waals surface area contributed by atoms with Gasteiger partial charge < -0.3 is 4.74 Å². The van der Waals surface area contributed by atoms with E-state index in [1.54, 1.807) is 6.07 Å². The molecule has 0 bridgehead atoms. The number of halogens is 1. The first-order valence-electron chi connectivity index (χ1n) is 4.39. The number of pyridine rings is 1.